The number of nitrogens with one attached hydrogen (secondary N) is 1. The van der Waals surface area contributed by atoms with Gasteiger partial charge in [0.15, 0.2) is 0 Å². The van der Waals surface area contributed by atoms with E-state index in [4.69, 9.17) is 0 Å². The lowest BCUT2D eigenvalue weighted by atomic mass is 9.95. The van der Waals surface area contributed by atoms with E-state index in [-0.39, 0.29) is 11.8 Å². The van der Waals surface area contributed by atoms with Crippen molar-refractivity contribution in [3.63, 3.8) is 0 Å². The molecular formula is C17H25F2NO. The van der Waals surface area contributed by atoms with Crippen LogP contribution in [0.4, 0.5) is 8.78 Å². The van der Waals surface area contributed by atoms with E-state index in [0.717, 1.165) is 5.56 Å². The molecule has 3 unspecified atom stereocenters. The first-order chi connectivity index (χ1) is 10.1. The van der Waals surface area contributed by atoms with Crippen molar-refractivity contribution in [1.82, 2.24) is 5.32 Å². The molecule has 0 heterocycles. The highest BCUT2D eigenvalue weighted by Crippen LogP contribution is 2.26. The molecule has 2 nitrogen and oxygen atoms in total. The van der Waals surface area contributed by atoms with Crippen molar-refractivity contribution in [3.8, 4) is 5.75 Å². The molecule has 1 fully saturated rings. The maximum atomic E-state index is 12.3. The molecule has 2 rings (SSSR count). The van der Waals surface area contributed by atoms with Gasteiger partial charge in [-0.05, 0) is 43.4 Å². The lowest BCUT2D eigenvalue weighted by Gasteiger charge is -2.27. The Bertz CT molecular complexity index is 439. The molecule has 0 radical (unpaired) electrons. The Morgan fingerprint density at radius 1 is 1.19 bits per heavy atom. The molecule has 0 bridgehead atoms. The van der Waals surface area contributed by atoms with E-state index < -0.39 is 6.61 Å². The van der Waals surface area contributed by atoms with E-state index in [9.17, 15) is 8.78 Å². The third-order valence-electron chi connectivity index (χ3n) is 4.41. The first-order valence-electron chi connectivity index (χ1n) is 7.87. The van der Waals surface area contributed by atoms with Gasteiger partial charge in [-0.3, -0.25) is 0 Å². The van der Waals surface area contributed by atoms with Crippen LogP contribution in [0.2, 0.25) is 0 Å². The zero-order valence-corrected chi connectivity index (χ0v) is 12.8. The van der Waals surface area contributed by atoms with Gasteiger partial charge >= 0.3 is 6.61 Å². The summed E-state index contributed by atoms with van der Waals surface area (Å²) in [6.07, 6.45) is 6.35. The molecule has 1 saturated carbocycles. The molecule has 0 amide bonds. The average Bonchev–Trinajstić information content (AvgIpc) is 2.64. The summed E-state index contributed by atoms with van der Waals surface area (Å²) in [5.74, 6) is 0.889. The van der Waals surface area contributed by atoms with Crippen LogP contribution in [0.1, 0.15) is 57.6 Å². The molecule has 118 valence electrons. The highest BCUT2D eigenvalue weighted by molar-refractivity contribution is 5.30. The second-order valence-corrected chi connectivity index (χ2v) is 6.06. The van der Waals surface area contributed by atoms with Crippen LogP contribution in [0.25, 0.3) is 0 Å². The van der Waals surface area contributed by atoms with E-state index >= 15 is 0 Å². The molecule has 1 aliphatic rings. The van der Waals surface area contributed by atoms with Crippen LogP contribution in [-0.4, -0.2) is 12.7 Å². The molecular weight excluding hydrogens is 272 g/mol. The van der Waals surface area contributed by atoms with E-state index in [0.29, 0.717) is 12.0 Å². The number of benzene rings is 1. The molecule has 1 N–H and O–H groups in total. The number of hydrogen-bond acceptors (Lipinski definition) is 2. The van der Waals surface area contributed by atoms with Crippen LogP contribution < -0.4 is 10.1 Å². The fourth-order valence-corrected chi connectivity index (χ4v) is 3.12. The summed E-state index contributed by atoms with van der Waals surface area (Å²) in [4.78, 5) is 0. The van der Waals surface area contributed by atoms with Crippen LogP contribution in [0.5, 0.6) is 5.75 Å². The van der Waals surface area contributed by atoms with E-state index in [2.05, 4.69) is 23.9 Å². The van der Waals surface area contributed by atoms with Crippen molar-refractivity contribution < 1.29 is 13.5 Å². The zero-order valence-electron chi connectivity index (χ0n) is 12.8. The molecule has 0 aliphatic heterocycles. The maximum Gasteiger partial charge on any atom is 0.387 e. The summed E-state index contributed by atoms with van der Waals surface area (Å²) in [6.45, 7) is 1.61. The molecule has 3 atom stereocenters. The highest BCUT2D eigenvalue weighted by Gasteiger charge is 2.21. The van der Waals surface area contributed by atoms with Gasteiger partial charge in [-0.25, -0.2) is 0 Å². The van der Waals surface area contributed by atoms with Gasteiger partial charge < -0.3 is 10.1 Å². The van der Waals surface area contributed by atoms with Gasteiger partial charge in [0.2, 0.25) is 0 Å². The summed E-state index contributed by atoms with van der Waals surface area (Å²) >= 11 is 0. The van der Waals surface area contributed by atoms with Gasteiger partial charge in [-0.15, -0.1) is 0 Å². The molecule has 1 aromatic carbocycles. The first kappa shape index (κ1) is 16.2. The summed E-state index contributed by atoms with van der Waals surface area (Å²) in [7, 11) is 0. The van der Waals surface area contributed by atoms with Gasteiger partial charge in [0.25, 0.3) is 0 Å². The van der Waals surface area contributed by atoms with Crippen LogP contribution in [-0.2, 0) is 0 Å². The quantitative estimate of drug-likeness (QED) is 0.780. The van der Waals surface area contributed by atoms with Gasteiger partial charge in [0.1, 0.15) is 5.75 Å². The van der Waals surface area contributed by atoms with Gasteiger partial charge in [-0.1, -0.05) is 38.3 Å². The number of halogens is 2. The van der Waals surface area contributed by atoms with Crippen molar-refractivity contribution in [1.29, 1.82) is 0 Å². The van der Waals surface area contributed by atoms with Crippen molar-refractivity contribution >= 4 is 0 Å². The van der Waals surface area contributed by atoms with Gasteiger partial charge in [0, 0.05) is 12.1 Å². The fraction of sp³-hybridized carbons (Fsp3) is 0.647. The van der Waals surface area contributed by atoms with Crippen LogP contribution in [0.15, 0.2) is 24.3 Å². The van der Waals surface area contributed by atoms with E-state index in [1.165, 1.54) is 32.1 Å². The maximum absolute atomic E-state index is 12.3. The highest BCUT2D eigenvalue weighted by atomic mass is 19.3. The normalized spacial score (nSPS) is 24.6. The Balaban J connectivity index is 2.00. The minimum absolute atomic E-state index is 0.136. The second-order valence-electron chi connectivity index (χ2n) is 6.06. The minimum atomic E-state index is -2.77. The molecule has 1 aromatic rings. The Labute approximate surface area is 125 Å². The van der Waals surface area contributed by atoms with Crippen molar-refractivity contribution in [2.24, 2.45) is 5.92 Å². The number of ether oxygens (including phenoxy) is 1. The zero-order chi connectivity index (χ0) is 15.2. The molecule has 0 aromatic heterocycles. The largest absolute Gasteiger partial charge is 0.435 e. The fourth-order valence-electron chi connectivity index (χ4n) is 3.12. The standard InChI is InChI=1S/C17H25F2NO/c1-12-7-4-3-5-10-16(12)20-13(2)14-8-6-9-15(11-14)21-17(18)19/h6,8-9,11-13,16-17,20H,3-5,7,10H2,1-2H3. The predicted molar refractivity (Wildman–Crippen MR) is 80.7 cm³/mol. The smallest absolute Gasteiger partial charge is 0.387 e. The van der Waals surface area contributed by atoms with Crippen molar-refractivity contribution in [3.05, 3.63) is 29.8 Å². The number of alkyl halides is 2. The summed E-state index contributed by atoms with van der Waals surface area (Å²) in [5, 5.41) is 3.66. The molecule has 21 heavy (non-hydrogen) atoms. The second kappa shape index (κ2) is 7.74. The van der Waals surface area contributed by atoms with E-state index in [1.807, 2.05) is 6.07 Å². The lowest BCUT2D eigenvalue weighted by molar-refractivity contribution is -0.0499. The minimum Gasteiger partial charge on any atom is -0.435 e. The molecule has 4 heteroatoms. The topological polar surface area (TPSA) is 21.3 Å². The molecule has 0 saturated heterocycles. The summed E-state index contributed by atoms with van der Waals surface area (Å²) < 4.78 is 29.0. The molecule has 1 aliphatic carbocycles. The van der Waals surface area contributed by atoms with E-state index in [1.54, 1.807) is 18.2 Å². The van der Waals surface area contributed by atoms with Crippen molar-refractivity contribution in [2.75, 3.05) is 0 Å². The lowest BCUT2D eigenvalue weighted by Crippen LogP contribution is -2.36. The Kier molecular flexibility index (Phi) is 5.97. The van der Waals surface area contributed by atoms with Crippen molar-refractivity contribution in [2.45, 2.75) is 64.6 Å². The summed E-state index contributed by atoms with van der Waals surface area (Å²) in [6, 6.07) is 7.62. The van der Waals surface area contributed by atoms with Gasteiger partial charge in [0.05, 0.1) is 0 Å². The first-order valence-corrected chi connectivity index (χ1v) is 7.87. The Hall–Kier alpha value is -1.16. The Morgan fingerprint density at radius 2 is 1.95 bits per heavy atom. The van der Waals surface area contributed by atoms with Crippen LogP contribution in [0.3, 0.4) is 0 Å². The summed E-state index contributed by atoms with van der Waals surface area (Å²) in [5.41, 5.74) is 0.990. The number of hydrogen-bond donors (Lipinski definition) is 1. The monoisotopic (exact) mass is 297 g/mol. The predicted octanol–water partition coefficient (Wildman–Crippen LogP) is 4.91. The number of rotatable bonds is 5. The van der Waals surface area contributed by atoms with Crippen LogP contribution >= 0.6 is 0 Å². The third-order valence-corrected chi connectivity index (χ3v) is 4.41. The third kappa shape index (κ3) is 4.95. The molecule has 0 spiro atoms. The SMILES string of the molecule is CC(NC1CCCCCC1C)c1cccc(OC(F)F)c1. The average molecular weight is 297 g/mol. The van der Waals surface area contributed by atoms with Gasteiger partial charge in [-0.2, -0.15) is 8.78 Å². The Morgan fingerprint density at radius 3 is 2.71 bits per heavy atom. The van der Waals surface area contributed by atoms with Crippen LogP contribution in [0, 0.1) is 5.92 Å².